The highest BCUT2D eigenvalue weighted by Gasteiger charge is 2.38. The predicted octanol–water partition coefficient (Wildman–Crippen LogP) is 2.47. The normalized spacial score (nSPS) is 26.6. The SMILES string of the molecule is BCCC[C@H]1CN(CC2Cc3c(Cl)cc(Cl)cc3CN2)C[C@H]1C(=O)O. The fourth-order valence-electron chi connectivity index (χ4n) is 4.20. The van der Waals surface area contributed by atoms with Crippen molar-refractivity contribution in [3.05, 3.63) is 33.3 Å². The summed E-state index contributed by atoms with van der Waals surface area (Å²) < 4.78 is 0. The highest BCUT2D eigenvalue weighted by Crippen LogP contribution is 2.31. The molecule has 0 saturated carbocycles. The van der Waals surface area contributed by atoms with E-state index in [4.69, 9.17) is 23.2 Å². The van der Waals surface area contributed by atoms with Gasteiger partial charge in [-0.1, -0.05) is 35.9 Å². The van der Waals surface area contributed by atoms with Crippen molar-refractivity contribution in [3.63, 3.8) is 0 Å². The van der Waals surface area contributed by atoms with Crippen molar-refractivity contribution in [2.24, 2.45) is 11.8 Å². The Labute approximate surface area is 160 Å². The molecular formula is C18H25BCl2N2O2. The van der Waals surface area contributed by atoms with Crippen molar-refractivity contribution >= 4 is 37.0 Å². The predicted molar refractivity (Wildman–Crippen MR) is 104 cm³/mol. The maximum atomic E-state index is 11.6. The smallest absolute Gasteiger partial charge is 0.308 e. The number of carboxylic acids is 1. The molecule has 25 heavy (non-hydrogen) atoms. The molecule has 2 N–H and O–H groups in total. The van der Waals surface area contributed by atoms with E-state index in [1.165, 1.54) is 11.1 Å². The minimum Gasteiger partial charge on any atom is -0.481 e. The van der Waals surface area contributed by atoms with Crippen LogP contribution in [0.5, 0.6) is 0 Å². The average molecular weight is 383 g/mol. The van der Waals surface area contributed by atoms with Crippen molar-refractivity contribution in [3.8, 4) is 0 Å². The third-order valence-electron chi connectivity index (χ3n) is 5.53. The van der Waals surface area contributed by atoms with E-state index in [0.29, 0.717) is 17.6 Å². The number of benzene rings is 1. The number of aliphatic carboxylic acids is 1. The second-order valence-electron chi connectivity index (χ2n) is 7.37. The lowest BCUT2D eigenvalue weighted by Gasteiger charge is -2.30. The Morgan fingerprint density at radius 1 is 1.36 bits per heavy atom. The van der Waals surface area contributed by atoms with E-state index in [2.05, 4.69) is 18.1 Å². The lowest BCUT2D eigenvalue weighted by molar-refractivity contribution is -0.142. The summed E-state index contributed by atoms with van der Waals surface area (Å²) in [5, 5.41) is 14.5. The van der Waals surface area contributed by atoms with E-state index in [9.17, 15) is 9.90 Å². The molecule has 0 bridgehead atoms. The minimum atomic E-state index is -0.650. The number of nitrogens with one attached hydrogen (secondary N) is 1. The van der Waals surface area contributed by atoms with E-state index in [1.807, 2.05) is 6.07 Å². The standard InChI is InChI=1S/C18H25BCl2N2O2/c19-3-1-2-11-8-23(10-16(11)18(24)25)9-14-6-15-12(7-22-14)4-13(20)5-17(15)21/h4-5,11,14,16,22H,1-3,6-10,19H2,(H,24,25)/t11-,14?,16+/m0/s1. The number of likely N-dealkylation sites (tertiary alicyclic amines) is 1. The van der Waals surface area contributed by atoms with Gasteiger partial charge < -0.3 is 15.3 Å². The Kier molecular flexibility index (Phi) is 6.32. The van der Waals surface area contributed by atoms with Gasteiger partial charge in [0.2, 0.25) is 0 Å². The second kappa shape index (κ2) is 8.30. The molecule has 1 aromatic rings. The monoisotopic (exact) mass is 382 g/mol. The third kappa shape index (κ3) is 4.51. The van der Waals surface area contributed by atoms with Crippen molar-refractivity contribution in [1.82, 2.24) is 10.2 Å². The Bertz CT molecular complexity index is 644. The van der Waals surface area contributed by atoms with Gasteiger partial charge in [-0.3, -0.25) is 4.79 Å². The minimum absolute atomic E-state index is 0.232. The molecule has 0 radical (unpaired) electrons. The van der Waals surface area contributed by atoms with E-state index < -0.39 is 5.97 Å². The van der Waals surface area contributed by atoms with Crippen LogP contribution in [-0.4, -0.2) is 49.5 Å². The summed E-state index contributed by atoms with van der Waals surface area (Å²) in [4.78, 5) is 13.9. The number of carbonyl (C=O) groups is 1. The molecule has 2 aliphatic heterocycles. The van der Waals surface area contributed by atoms with Crippen LogP contribution in [0.1, 0.15) is 24.0 Å². The van der Waals surface area contributed by atoms with Gasteiger partial charge >= 0.3 is 5.97 Å². The number of nitrogens with zero attached hydrogens (tertiary/aromatic N) is 1. The lowest BCUT2D eigenvalue weighted by Crippen LogP contribution is -2.44. The Hall–Kier alpha value is -0.745. The summed E-state index contributed by atoms with van der Waals surface area (Å²) in [6.45, 7) is 3.17. The number of fused-ring (bicyclic) bond motifs is 1. The molecular weight excluding hydrogens is 358 g/mol. The highest BCUT2D eigenvalue weighted by molar-refractivity contribution is 6.35. The second-order valence-corrected chi connectivity index (χ2v) is 8.22. The Balaban J connectivity index is 1.62. The molecule has 1 fully saturated rings. The summed E-state index contributed by atoms with van der Waals surface area (Å²) in [5.41, 5.74) is 2.34. The molecule has 0 spiro atoms. The number of hydrogen-bond donors (Lipinski definition) is 2. The Morgan fingerprint density at radius 2 is 2.16 bits per heavy atom. The largest absolute Gasteiger partial charge is 0.481 e. The molecule has 3 atom stereocenters. The summed E-state index contributed by atoms with van der Waals surface area (Å²) >= 11 is 12.5. The molecule has 3 rings (SSSR count). The zero-order valence-corrected chi connectivity index (χ0v) is 16.1. The number of carboxylic acid groups (broad SMARTS) is 1. The van der Waals surface area contributed by atoms with Gasteiger partial charge in [-0.25, -0.2) is 0 Å². The van der Waals surface area contributed by atoms with Gasteiger partial charge in [0.15, 0.2) is 0 Å². The number of hydrogen-bond acceptors (Lipinski definition) is 3. The molecule has 0 amide bonds. The van der Waals surface area contributed by atoms with Crippen LogP contribution in [0.4, 0.5) is 0 Å². The van der Waals surface area contributed by atoms with Crippen LogP contribution in [0.15, 0.2) is 12.1 Å². The number of halogens is 2. The van der Waals surface area contributed by atoms with Crippen molar-refractivity contribution in [2.75, 3.05) is 19.6 Å². The molecule has 4 nitrogen and oxygen atoms in total. The van der Waals surface area contributed by atoms with Crippen LogP contribution >= 0.6 is 23.2 Å². The molecule has 0 aromatic heterocycles. The van der Waals surface area contributed by atoms with Crippen molar-refractivity contribution in [2.45, 2.75) is 38.2 Å². The van der Waals surface area contributed by atoms with Gasteiger partial charge in [0.05, 0.1) is 5.92 Å². The number of rotatable bonds is 6. The topological polar surface area (TPSA) is 52.6 Å². The molecule has 2 heterocycles. The molecule has 1 saturated heterocycles. The van der Waals surface area contributed by atoms with Crippen molar-refractivity contribution < 1.29 is 9.90 Å². The van der Waals surface area contributed by atoms with Gasteiger partial charge in [-0.05, 0) is 42.0 Å². The summed E-state index contributed by atoms with van der Waals surface area (Å²) in [6.07, 6.45) is 4.09. The van der Waals surface area contributed by atoms with Crippen molar-refractivity contribution in [1.29, 1.82) is 0 Å². The maximum absolute atomic E-state index is 11.6. The van der Waals surface area contributed by atoms with Crippen LogP contribution in [-0.2, 0) is 17.8 Å². The van der Waals surface area contributed by atoms with E-state index >= 15 is 0 Å². The quantitative estimate of drug-likeness (QED) is 0.742. The van der Waals surface area contributed by atoms with E-state index in [-0.39, 0.29) is 11.8 Å². The first-order valence-electron chi connectivity index (χ1n) is 9.13. The van der Waals surface area contributed by atoms with Gasteiger partial charge in [0.25, 0.3) is 0 Å². The third-order valence-corrected chi connectivity index (χ3v) is 6.08. The Morgan fingerprint density at radius 3 is 2.88 bits per heavy atom. The molecule has 1 aromatic carbocycles. The summed E-state index contributed by atoms with van der Waals surface area (Å²) in [7, 11) is 2.15. The van der Waals surface area contributed by atoms with Crippen LogP contribution in [0, 0.1) is 11.8 Å². The lowest BCUT2D eigenvalue weighted by atomic mass is 9.88. The van der Waals surface area contributed by atoms with Gasteiger partial charge in [-0.15, -0.1) is 0 Å². The van der Waals surface area contributed by atoms with Crippen LogP contribution in [0.2, 0.25) is 16.4 Å². The summed E-state index contributed by atoms with van der Waals surface area (Å²) in [5.74, 6) is -0.608. The fraction of sp³-hybridized carbons (Fsp3) is 0.611. The van der Waals surface area contributed by atoms with Crippen LogP contribution < -0.4 is 5.32 Å². The summed E-state index contributed by atoms with van der Waals surface area (Å²) in [6, 6.07) is 4.08. The fourth-order valence-corrected chi connectivity index (χ4v) is 4.82. The van der Waals surface area contributed by atoms with Gasteiger partial charge in [0, 0.05) is 42.3 Å². The van der Waals surface area contributed by atoms with Gasteiger partial charge in [0.1, 0.15) is 7.85 Å². The highest BCUT2D eigenvalue weighted by atomic mass is 35.5. The van der Waals surface area contributed by atoms with Crippen LogP contribution in [0.3, 0.4) is 0 Å². The zero-order chi connectivity index (χ0) is 18.0. The average Bonchev–Trinajstić information content (AvgIpc) is 2.96. The molecule has 2 aliphatic rings. The molecule has 7 heteroatoms. The van der Waals surface area contributed by atoms with E-state index in [1.54, 1.807) is 6.07 Å². The molecule has 1 unspecified atom stereocenters. The first kappa shape index (κ1) is 19.0. The van der Waals surface area contributed by atoms with Crippen LogP contribution in [0.25, 0.3) is 0 Å². The zero-order valence-electron chi connectivity index (χ0n) is 14.6. The first-order valence-corrected chi connectivity index (χ1v) is 9.88. The molecule has 0 aliphatic carbocycles. The van der Waals surface area contributed by atoms with Gasteiger partial charge in [-0.2, -0.15) is 0 Å². The molecule has 136 valence electrons. The van der Waals surface area contributed by atoms with E-state index in [0.717, 1.165) is 50.2 Å². The first-order chi connectivity index (χ1) is 12.0. The maximum Gasteiger partial charge on any atom is 0.308 e.